The summed E-state index contributed by atoms with van der Waals surface area (Å²) in [4.78, 5) is 27.9. The van der Waals surface area contributed by atoms with E-state index in [-0.39, 0.29) is 17.7 Å². The van der Waals surface area contributed by atoms with E-state index in [0.29, 0.717) is 6.54 Å². The van der Waals surface area contributed by atoms with Gasteiger partial charge in [-0.3, -0.25) is 9.59 Å². The second-order valence-electron chi connectivity index (χ2n) is 7.91. The van der Waals surface area contributed by atoms with E-state index in [9.17, 15) is 9.59 Å². The zero-order valence-electron chi connectivity index (χ0n) is 16.5. The molecule has 0 saturated carbocycles. The lowest BCUT2D eigenvalue weighted by Gasteiger charge is -2.25. The van der Waals surface area contributed by atoms with Gasteiger partial charge in [-0.15, -0.1) is 0 Å². The first kappa shape index (κ1) is 18.7. The van der Waals surface area contributed by atoms with E-state index >= 15 is 0 Å². The Morgan fingerprint density at radius 3 is 2.64 bits per heavy atom. The van der Waals surface area contributed by atoms with Gasteiger partial charge in [0.25, 0.3) is 5.91 Å². The molecule has 2 atom stereocenters. The monoisotopic (exact) mass is 376 g/mol. The number of rotatable bonds is 6. The van der Waals surface area contributed by atoms with Crippen LogP contribution >= 0.6 is 0 Å². The lowest BCUT2D eigenvalue weighted by atomic mass is 9.83. The summed E-state index contributed by atoms with van der Waals surface area (Å²) in [6.07, 6.45) is 5.72. The number of hydrogen-bond donors (Lipinski definition) is 1. The second-order valence-corrected chi connectivity index (χ2v) is 7.91. The molecule has 28 heavy (non-hydrogen) atoms. The Morgan fingerprint density at radius 2 is 1.82 bits per heavy atom. The molecule has 2 aliphatic rings. The fraction of sp³-hybridized carbons (Fsp3) is 0.417. The van der Waals surface area contributed by atoms with E-state index < -0.39 is 6.04 Å². The molecule has 4 rings (SSSR count). The minimum Gasteiger partial charge on any atom is -0.340 e. The fourth-order valence-electron chi connectivity index (χ4n) is 4.46. The number of carbonyl (C=O) groups excluding carboxylic acids is 2. The maximum Gasteiger partial charge on any atom is 0.254 e. The Labute approximate surface area is 166 Å². The zero-order valence-corrected chi connectivity index (χ0v) is 16.5. The molecule has 1 heterocycles. The van der Waals surface area contributed by atoms with Gasteiger partial charge < -0.3 is 10.2 Å². The van der Waals surface area contributed by atoms with E-state index in [2.05, 4.69) is 30.4 Å². The van der Waals surface area contributed by atoms with Gasteiger partial charge in [0.15, 0.2) is 0 Å². The maximum atomic E-state index is 13.1. The number of para-hydroxylation sites is 1. The Balaban J connectivity index is 1.48. The number of carbonyl (C=O) groups is 2. The topological polar surface area (TPSA) is 49.4 Å². The SMILES string of the molecule is CCCCCN1C(=O)C(NC(=O)C2CCc3ccccc3C2)c2ccccc21. The number of nitrogens with one attached hydrogen (secondary N) is 1. The molecule has 2 aromatic carbocycles. The predicted molar refractivity (Wildman–Crippen MR) is 111 cm³/mol. The van der Waals surface area contributed by atoms with Crippen molar-refractivity contribution in [1.29, 1.82) is 0 Å². The normalized spacial score (nSPS) is 20.6. The highest BCUT2D eigenvalue weighted by atomic mass is 16.2. The number of benzene rings is 2. The highest BCUT2D eigenvalue weighted by Crippen LogP contribution is 2.36. The highest BCUT2D eigenvalue weighted by molar-refractivity contribution is 6.06. The molecular weight excluding hydrogens is 348 g/mol. The van der Waals surface area contributed by atoms with Crippen LogP contribution in [0, 0.1) is 5.92 Å². The quantitative estimate of drug-likeness (QED) is 0.769. The number of aryl methyl sites for hydroxylation is 1. The molecule has 1 aliphatic carbocycles. The van der Waals surface area contributed by atoms with Crippen molar-refractivity contribution in [1.82, 2.24) is 5.32 Å². The summed E-state index contributed by atoms with van der Waals surface area (Å²) in [6.45, 7) is 2.87. The van der Waals surface area contributed by atoms with Gasteiger partial charge in [0.05, 0.1) is 0 Å². The van der Waals surface area contributed by atoms with Gasteiger partial charge in [0.1, 0.15) is 6.04 Å². The van der Waals surface area contributed by atoms with Crippen molar-refractivity contribution in [3.05, 3.63) is 65.2 Å². The van der Waals surface area contributed by atoms with Crippen molar-refractivity contribution in [2.24, 2.45) is 5.92 Å². The highest BCUT2D eigenvalue weighted by Gasteiger charge is 2.38. The van der Waals surface area contributed by atoms with Gasteiger partial charge in [-0.25, -0.2) is 0 Å². The minimum absolute atomic E-state index is 0.00172. The molecule has 2 unspecified atom stereocenters. The first-order valence-electron chi connectivity index (χ1n) is 10.5. The van der Waals surface area contributed by atoms with E-state index in [1.807, 2.05) is 35.2 Å². The van der Waals surface area contributed by atoms with E-state index in [1.54, 1.807) is 0 Å². The number of anilines is 1. The molecule has 1 N–H and O–H groups in total. The molecule has 2 aromatic rings. The molecule has 0 radical (unpaired) electrons. The van der Waals surface area contributed by atoms with Gasteiger partial charge >= 0.3 is 0 Å². The molecule has 1 aliphatic heterocycles. The van der Waals surface area contributed by atoms with Gasteiger partial charge in [0.2, 0.25) is 5.91 Å². The predicted octanol–water partition coefficient (Wildman–Crippen LogP) is 4.19. The van der Waals surface area contributed by atoms with E-state index in [0.717, 1.165) is 49.8 Å². The molecule has 0 fully saturated rings. The largest absolute Gasteiger partial charge is 0.340 e. The number of hydrogen-bond acceptors (Lipinski definition) is 2. The molecular formula is C24H28N2O2. The second kappa shape index (κ2) is 8.17. The van der Waals surface area contributed by atoms with E-state index in [1.165, 1.54) is 11.1 Å². The van der Waals surface area contributed by atoms with Crippen molar-refractivity contribution in [3.8, 4) is 0 Å². The van der Waals surface area contributed by atoms with Crippen LogP contribution in [0.5, 0.6) is 0 Å². The number of nitrogens with zero attached hydrogens (tertiary/aromatic N) is 1. The molecule has 4 nitrogen and oxygen atoms in total. The van der Waals surface area contributed by atoms with Crippen molar-refractivity contribution in [2.75, 3.05) is 11.4 Å². The van der Waals surface area contributed by atoms with Gasteiger partial charge in [-0.1, -0.05) is 62.2 Å². The Kier molecular flexibility index (Phi) is 5.47. The number of amides is 2. The maximum absolute atomic E-state index is 13.1. The molecule has 146 valence electrons. The molecule has 0 bridgehead atoms. The smallest absolute Gasteiger partial charge is 0.254 e. The van der Waals surface area contributed by atoms with Crippen molar-refractivity contribution >= 4 is 17.5 Å². The Hall–Kier alpha value is -2.62. The van der Waals surface area contributed by atoms with E-state index in [4.69, 9.17) is 0 Å². The summed E-state index contributed by atoms with van der Waals surface area (Å²) in [6, 6.07) is 15.6. The van der Waals surface area contributed by atoms with Gasteiger partial charge in [0, 0.05) is 23.7 Å². The third kappa shape index (κ3) is 3.56. The van der Waals surface area contributed by atoms with Gasteiger partial charge in [-0.2, -0.15) is 0 Å². The van der Waals surface area contributed by atoms with Crippen LogP contribution in [-0.4, -0.2) is 18.4 Å². The third-order valence-electron chi connectivity index (χ3n) is 6.04. The summed E-state index contributed by atoms with van der Waals surface area (Å²) in [5, 5.41) is 3.08. The van der Waals surface area contributed by atoms with Crippen molar-refractivity contribution in [2.45, 2.75) is 51.5 Å². The zero-order chi connectivity index (χ0) is 19.5. The first-order chi connectivity index (χ1) is 13.7. The van der Waals surface area contributed by atoms with Crippen LogP contribution in [0.4, 0.5) is 5.69 Å². The summed E-state index contributed by atoms with van der Waals surface area (Å²) >= 11 is 0. The van der Waals surface area contributed by atoms with Crippen LogP contribution in [-0.2, 0) is 22.4 Å². The number of fused-ring (bicyclic) bond motifs is 2. The molecule has 2 amide bonds. The third-order valence-corrected chi connectivity index (χ3v) is 6.04. The average molecular weight is 377 g/mol. The lowest BCUT2D eigenvalue weighted by molar-refractivity contribution is -0.130. The van der Waals surface area contributed by atoms with Crippen LogP contribution in [0.25, 0.3) is 0 Å². The van der Waals surface area contributed by atoms with Crippen molar-refractivity contribution in [3.63, 3.8) is 0 Å². The van der Waals surface area contributed by atoms with Crippen LogP contribution < -0.4 is 10.2 Å². The molecule has 4 heteroatoms. The van der Waals surface area contributed by atoms with Crippen LogP contribution in [0.2, 0.25) is 0 Å². The molecule has 0 spiro atoms. The standard InChI is InChI=1S/C24H28N2O2/c1-2-3-8-15-26-21-12-7-6-11-20(21)22(24(26)28)25-23(27)19-14-13-17-9-4-5-10-18(17)16-19/h4-7,9-12,19,22H,2-3,8,13-16H2,1H3,(H,25,27). The van der Waals surface area contributed by atoms with Gasteiger partial charge in [-0.05, 0) is 42.9 Å². The lowest BCUT2D eigenvalue weighted by Crippen LogP contribution is -2.41. The van der Waals surface area contributed by atoms with Crippen LogP contribution in [0.1, 0.15) is 55.3 Å². The Morgan fingerprint density at radius 1 is 1.07 bits per heavy atom. The summed E-state index contributed by atoms with van der Waals surface area (Å²) < 4.78 is 0. The molecule has 0 saturated heterocycles. The molecule has 0 aromatic heterocycles. The fourth-order valence-corrected chi connectivity index (χ4v) is 4.46. The number of unbranched alkanes of at least 4 members (excludes halogenated alkanes) is 2. The summed E-state index contributed by atoms with van der Waals surface area (Å²) in [5.74, 6) is -0.0658. The minimum atomic E-state index is -0.553. The van der Waals surface area contributed by atoms with Crippen LogP contribution in [0.3, 0.4) is 0 Å². The average Bonchev–Trinajstić information content (AvgIpc) is 2.99. The first-order valence-corrected chi connectivity index (χ1v) is 10.5. The van der Waals surface area contributed by atoms with Crippen LogP contribution in [0.15, 0.2) is 48.5 Å². The van der Waals surface area contributed by atoms with Crippen molar-refractivity contribution < 1.29 is 9.59 Å². The summed E-state index contributed by atoms with van der Waals surface area (Å²) in [7, 11) is 0. The Bertz CT molecular complexity index is 876. The summed E-state index contributed by atoms with van der Waals surface area (Å²) in [5.41, 5.74) is 4.47.